The summed E-state index contributed by atoms with van der Waals surface area (Å²) in [5, 5.41) is 1.56. The Balaban J connectivity index is 1.56. The third-order valence-corrected chi connectivity index (χ3v) is 6.23. The van der Waals surface area contributed by atoms with Crippen LogP contribution in [-0.2, 0) is 25.9 Å². The largest absolute Gasteiger partial charge is 0.497 e. The van der Waals surface area contributed by atoms with E-state index in [1.165, 1.54) is 4.90 Å². The molecule has 1 N–H and O–H groups in total. The third-order valence-electron chi connectivity index (χ3n) is 5.95. The Morgan fingerprint density at radius 3 is 2.79 bits per heavy atom. The van der Waals surface area contributed by atoms with Crippen LogP contribution in [0.2, 0.25) is 5.02 Å². The van der Waals surface area contributed by atoms with Crippen LogP contribution < -0.4 is 20.0 Å². The van der Waals surface area contributed by atoms with Gasteiger partial charge in [0.25, 0.3) is 0 Å². The molecule has 5 nitrogen and oxygen atoms in total. The topological polar surface area (TPSA) is 53.1 Å². The fourth-order valence-electron chi connectivity index (χ4n) is 4.57. The molecule has 0 bridgehead atoms. The molecule has 3 aromatic rings. The van der Waals surface area contributed by atoms with Gasteiger partial charge in [0, 0.05) is 16.5 Å². The van der Waals surface area contributed by atoms with E-state index in [1.807, 2.05) is 24.3 Å². The Morgan fingerprint density at radius 1 is 1.14 bits per heavy atom. The number of rotatable bonds is 3. The second-order valence-electron chi connectivity index (χ2n) is 7.84. The number of fused-ring (bicyclic) bond motifs is 5. The van der Waals surface area contributed by atoms with Gasteiger partial charge in [0.1, 0.15) is 18.8 Å². The number of aryl methyl sites for hydroxylation is 1. The molecule has 0 spiro atoms. The van der Waals surface area contributed by atoms with Crippen LogP contribution >= 0.6 is 11.6 Å². The van der Waals surface area contributed by atoms with E-state index in [2.05, 4.69) is 6.07 Å². The zero-order valence-corrected chi connectivity index (χ0v) is 17.1. The maximum atomic E-state index is 12.6. The first-order valence-electron chi connectivity index (χ1n) is 10.0. The van der Waals surface area contributed by atoms with Crippen LogP contribution in [0.15, 0.2) is 39.5 Å². The second kappa shape index (κ2) is 7.39. The summed E-state index contributed by atoms with van der Waals surface area (Å²) < 4.78 is 17.2. The lowest BCUT2D eigenvalue weighted by Crippen LogP contribution is -3.10. The second-order valence-corrected chi connectivity index (χ2v) is 8.25. The predicted molar refractivity (Wildman–Crippen MR) is 111 cm³/mol. The Bertz CT molecular complexity index is 1150. The number of hydrogen-bond acceptors (Lipinski definition) is 4. The molecule has 0 saturated heterocycles. The standard InChI is InChI=1S/C23H22ClNO4/c1-27-15-6-4-5-14(9-15)11-25-12-19-21-18(10-20(24)22(19)28-13-25)16-7-2-3-8-17(16)23(26)29-21/h4-6,9-10H,2-3,7-8,11-13H2,1H3/p+1. The van der Waals surface area contributed by atoms with Crippen LogP contribution in [0.3, 0.4) is 0 Å². The first kappa shape index (κ1) is 18.5. The molecule has 1 unspecified atom stereocenters. The highest BCUT2D eigenvalue weighted by Crippen LogP contribution is 2.38. The summed E-state index contributed by atoms with van der Waals surface area (Å²) >= 11 is 6.58. The Kier molecular flexibility index (Phi) is 4.72. The lowest BCUT2D eigenvalue weighted by atomic mass is 9.90. The van der Waals surface area contributed by atoms with Crippen molar-refractivity contribution in [2.75, 3.05) is 13.8 Å². The van der Waals surface area contributed by atoms with Crippen molar-refractivity contribution in [2.24, 2.45) is 0 Å². The average molecular weight is 413 g/mol. The van der Waals surface area contributed by atoms with Crippen LogP contribution in [0.1, 0.15) is 35.1 Å². The van der Waals surface area contributed by atoms with E-state index >= 15 is 0 Å². The zero-order valence-electron chi connectivity index (χ0n) is 16.3. The van der Waals surface area contributed by atoms with Crippen molar-refractivity contribution in [3.8, 4) is 11.5 Å². The molecule has 1 aliphatic heterocycles. The van der Waals surface area contributed by atoms with E-state index in [4.69, 9.17) is 25.5 Å². The molecule has 0 saturated carbocycles. The maximum absolute atomic E-state index is 12.6. The summed E-state index contributed by atoms with van der Waals surface area (Å²) in [7, 11) is 1.67. The summed E-state index contributed by atoms with van der Waals surface area (Å²) in [5.41, 5.74) is 4.40. The number of benzene rings is 2. The van der Waals surface area contributed by atoms with Crippen molar-refractivity contribution in [1.82, 2.24) is 0 Å². The van der Waals surface area contributed by atoms with Crippen molar-refractivity contribution >= 4 is 22.6 Å². The van der Waals surface area contributed by atoms with Crippen LogP contribution in [0, 0.1) is 0 Å². The molecule has 1 aliphatic carbocycles. The van der Waals surface area contributed by atoms with Gasteiger partial charge in [0.15, 0.2) is 11.3 Å². The summed E-state index contributed by atoms with van der Waals surface area (Å²) in [5.74, 6) is 1.49. The molecule has 1 aromatic heterocycles. The minimum absolute atomic E-state index is 0.211. The van der Waals surface area contributed by atoms with Gasteiger partial charge in [-0.2, -0.15) is 0 Å². The molecule has 2 aliphatic rings. The quantitative estimate of drug-likeness (QED) is 0.671. The average Bonchev–Trinajstić information content (AvgIpc) is 2.75. The van der Waals surface area contributed by atoms with Crippen molar-refractivity contribution in [1.29, 1.82) is 0 Å². The highest BCUT2D eigenvalue weighted by molar-refractivity contribution is 6.33. The molecule has 0 amide bonds. The molecule has 2 aromatic carbocycles. The molecule has 1 atom stereocenters. The number of halogens is 1. The van der Waals surface area contributed by atoms with Gasteiger partial charge in [-0.3, -0.25) is 4.90 Å². The van der Waals surface area contributed by atoms with Crippen molar-refractivity contribution in [3.63, 3.8) is 0 Å². The van der Waals surface area contributed by atoms with Crippen molar-refractivity contribution < 1.29 is 18.8 Å². The fourth-order valence-corrected chi connectivity index (χ4v) is 4.84. The molecular formula is C23H23ClNO4+. The summed E-state index contributed by atoms with van der Waals surface area (Å²) in [6, 6.07) is 9.96. The van der Waals surface area contributed by atoms with Gasteiger partial charge >= 0.3 is 5.63 Å². The lowest BCUT2D eigenvalue weighted by Gasteiger charge is -2.28. The van der Waals surface area contributed by atoms with Crippen molar-refractivity contribution in [2.45, 2.75) is 38.8 Å². The maximum Gasteiger partial charge on any atom is 0.339 e. The van der Waals surface area contributed by atoms with Crippen molar-refractivity contribution in [3.05, 3.63) is 68.0 Å². The zero-order chi connectivity index (χ0) is 20.0. The molecule has 2 heterocycles. The van der Waals surface area contributed by atoms with E-state index in [0.29, 0.717) is 29.6 Å². The number of hydrogen-bond donors (Lipinski definition) is 1. The number of ether oxygens (including phenoxy) is 2. The van der Waals surface area contributed by atoms with Gasteiger partial charge in [0.05, 0.1) is 17.7 Å². The minimum atomic E-state index is -0.211. The van der Waals surface area contributed by atoms with Gasteiger partial charge in [-0.1, -0.05) is 23.7 Å². The van der Waals surface area contributed by atoms with Crippen LogP contribution in [0.5, 0.6) is 11.5 Å². The number of nitrogens with one attached hydrogen (secondary N) is 1. The van der Waals surface area contributed by atoms with Crippen LogP contribution in [0.25, 0.3) is 11.0 Å². The van der Waals surface area contributed by atoms with Crippen LogP contribution in [0.4, 0.5) is 0 Å². The SMILES string of the molecule is COc1cccc(C[NH+]2COc3c(Cl)cc4c5c(c(=O)oc4c3C2)CCCC5)c1. The molecule has 0 radical (unpaired) electrons. The van der Waals surface area contributed by atoms with Gasteiger partial charge in [-0.15, -0.1) is 0 Å². The number of quaternary nitrogens is 1. The third kappa shape index (κ3) is 3.28. The predicted octanol–water partition coefficient (Wildman–Crippen LogP) is 3.27. The first-order chi connectivity index (χ1) is 14.1. The van der Waals surface area contributed by atoms with Crippen LogP contribution in [-0.4, -0.2) is 13.8 Å². The number of methoxy groups -OCH3 is 1. The molecular weight excluding hydrogens is 390 g/mol. The highest BCUT2D eigenvalue weighted by atomic mass is 35.5. The normalized spacial score (nSPS) is 18.1. The molecule has 150 valence electrons. The first-order valence-corrected chi connectivity index (χ1v) is 10.4. The molecule has 5 rings (SSSR count). The van der Waals surface area contributed by atoms with E-state index in [1.54, 1.807) is 7.11 Å². The van der Waals surface area contributed by atoms with Gasteiger partial charge in [0.2, 0.25) is 6.73 Å². The lowest BCUT2D eigenvalue weighted by molar-refractivity contribution is -0.945. The summed E-state index contributed by atoms with van der Waals surface area (Å²) in [4.78, 5) is 13.8. The Morgan fingerprint density at radius 2 is 1.97 bits per heavy atom. The highest BCUT2D eigenvalue weighted by Gasteiger charge is 2.29. The Hall–Kier alpha value is -2.50. The van der Waals surface area contributed by atoms with Gasteiger partial charge in [-0.05, 0) is 49.4 Å². The minimum Gasteiger partial charge on any atom is -0.497 e. The summed E-state index contributed by atoms with van der Waals surface area (Å²) in [6.07, 6.45) is 3.80. The fraction of sp³-hybridized carbons (Fsp3) is 0.348. The van der Waals surface area contributed by atoms with E-state index < -0.39 is 0 Å². The smallest absolute Gasteiger partial charge is 0.339 e. The van der Waals surface area contributed by atoms with E-state index in [0.717, 1.165) is 65.6 Å². The monoisotopic (exact) mass is 412 g/mol. The summed E-state index contributed by atoms with van der Waals surface area (Å²) in [6.45, 7) is 1.97. The van der Waals surface area contributed by atoms with Gasteiger partial charge < -0.3 is 13.9 Å². The van der Waals surface area contributed by atoms with Gasteiger partial charge in [-0.25, -0.2) is 4.79 Å². The molecule has 6 heteroatoms. The van der Waals surface area contributed by atoms with E-state index in [-0.39, 0.29) is 5.63 Å². The van der Waals surface area contributed by atoms with E-state index in [9.17, 15) is 4.79 Å². The Labute approximate surface area is 173 Å². The molecule has 0 fully saturated rings. The molecule has 29 heavy (non-hydrogen) atoms.